The van der Waals surface area contributed by atoms with Crippen molar-refractivity contribution in [1.82, 2.24) is 4.31 Å². The Balaban J connectivity index is 3.04. The molecule has 0 amide bonds. The van der Waals surface area contributed by atoms with Crippen molar-refractivity contribution in [3.63, 3.8) is 0 Å². The molecule has 0 aliphatic carbocycles. The lowest BCUT2D eigenvalue weighted by atomic mass is 10.4. The van der Waals surface area contributed by atoms with Crippen LogP contribution in [0, 0.1) is 0 Å². The summed E-state index contributed by atoms with van der Waals surface area (Å²) in [5.41, 5.74) is 0. The summed E-state index contributed by atoms with van der Waals surface area (Å²) in [6.07, 6.45) is 0. The van der Waals surface area contributed by atoms with Gasteiger partial charge in [-0.3, -0.25) is 0 Å². The van der Waals surface area contributed by atoms with Crippen LogP contribution in [0.2, 0.25) is 10.0 Å². The van der Waals surface area contributed by atoms with Gasteiger partial charge in [0.2, 0.25) is 10.0 Å². The number of likely N-dealkylation sites (N-methyl/N-ethyl adjacent to an activating group) is 1. The predicted octanol–water partition coefficient (Wildman–Crippen LogP) is 2.26. The van der Waals surface area contributed by atoms with Crippen LogP contribution in [0.3, 0.4) is 0 Å². The van der Waals surface area contributed by atoms with E-state index in [4.69, 9.17) is 27.9 Å². The lowest BCUT2D eigenvalue weighted by Crippen LogP contribution is -2.30. The minimum atomic E-state index is -3.57. The van der Waals surface area contributed by atoms with E-state index in [9.17, 15) is 8.42 Å². The van der Waals surface area contributed by atoms with E-state index < -0.39 is 10.0 Å². The Bertz CT molecular complexity index is 470. The quantitative estimate of drug-likeness (QED) is 0.837. The zero-order valence-corrected chi connectivity index (χ0v) is 11.8. The second-order valence-corrected chi connectivity index (χ2v) is 6.34. The van der Waals surface area contributed by atoms with Crippen molar-refractivity contribution in [2.45, 2.75) is 4.90 Å². The predicted molar refractivity (Wildman–Crippen MR) is 68.2 cm³/mol. The maximum atomic E-state index is 12.1. The molecule has 0 aliphatic heterocycles. The molecular formula is C10H13Cl2NO3S. The molecule has 0 saturated carbocycles. The van der Waals surface area contributed by atoms with Gasteiger partial charge in [0.25, 0.3) is 0 Å². The molecule has 0 aromatic heterocycles. The number of hydrogen-bond acceptors (Lipinski definition) is 3. The number of halogens is 2. The lowest BCUT2D eigenvalue weighted by Gasteiger charge is -2.16. The first kappa shape index (κ1) is 14.7. The molecule has 0 aliphatic rings. The number of ether oxygens (including phenoxy) is 1. The fraction of sp³-hybridized carbons (Fsp3) is 0.400. The van der Waals surface area contributed by atoms with Crippen LogP contribution in [0.5, 0.6) is 0 Å². The minimum absolute atomic E-state index is 0.0774. The first-order chi connectivity index (χ1) is 7.87. The molecule has 0 saturated heterocycles. The van der Waals surface area contributed by atoms with Crippen LogP contribution in [0.15, 0.2) is 23.1 Å². The number of nitrogens with zero attached hydrogens (tertiary/aromatic N) is 1. The molecule has 4 nitrogen and oxygen atoms in total. The Hall–Kier alpha value is -0.330. The maximum Gasteiger partial charge on any atom is 0.242 e. The molecular weight excluding hydrogens is 285 g/mol. The Morgan fingerprint density at radius 2 is 1.76 bits per heavy atom. The fourth-order valence-corrected chi connectivity index (χ4v) is 3.08. The molecule has 0 bridgehead atoms. The highest BCUT2D eigenvalue weighted by atomic mass is 35.5. The third-order valence-electron chi connectivity index (χ3n) is 2.15. The van der Waals surface area contributed by atoms with Gasteiger partial charge in [-0.15, -0.1) is 0 Å². The van der Waals surface area contributed by atoms with Gasteiger partial charge in [-0.2, -0.15) is 4.31 Å². The smallest absolute Gasteiger partial charge is 0.242 e. The molecule has 0 heterocycles. The Morgan fingerprint density at radius 1 is 1.24 bits per heavy atom. The molecule has 1 aromatic rings. The van der Waals surface area contributed by atoms with E-state index in [1.807, 2.05) is 0 Å². The largest absolute Gasteiger partial charge is 0.383 e. The maximum absolute atomic E-state index is 12.1. The van der Waals surface area contributed by atoms with Crippen LogP contribution in [0.25, 0.3) is 0 Å². The molecule has 1 rings (SSSR count). The van der Waals surface area contributed by atoms with Gasteiger partial charge in [0.05, 0.1) is 11.5 Å². The SMILES string of the molecule is COCCN(C)S(=O)(=O)c1cc(Cl)cc(Cl)c1. The Labute approximate surface area is 111 Å². The summed E-state index contributed by atoms with van der Waals surface area (Å²) in [5, 5.41) is 0.576. The average Bonchev–Trinajstić information content (AvgIpc) is 2.24. The minimum Gasteiger partial charge on any atom is -0.383 e. The highest BCUT2D eigenvalue weighted by Crippen LogP contribution is 2.24. The van der Waals surface area contributed by atoms with Crippen LogP contribution in [-0.2, 0) is 14.8 Å². The van der Waals surface area contributed by atoms with Crippen molar-refractivity contribution in [3.05, 3.63) is 28.2 Å². The lowest BCUT2D eigenvalue weighted by molar-refractivity contribution is 0.185. The van der Waals surface area contributed by atoms with Gasteiger partial charge >= 0.3 is 0 Å². The number of methoxy groups -OCH3 is 1. The standard InChI is InChI=1S/C10H13Cl2NO3S/c1-13(3-4-16-2)17(14,15)10-6-8(11)5-9(12)7-10/h5-7H,3-4H2,1-2H3. The van der Waals surface area contributed by atoms with Gasteiger partial charge in [0.1, 0.15) is 0 Å². The number of benzene rings is 1. The summed E-state index contributed by atoms with van der Waals surface area (Å²) in [6.45, 7) is 0.590. The van der Waals surface area contributed by atoms with Gasteiger partial charge < -0.3 is 4.74 Å². The molecule has 0 spiro atoms. The van der Waals surface area contributed by atoms with Crippen LogP contribution in [-0.4, -0.2) is 40.0 Å². The Kier molecular flexibility index (Phi) is 5.22. The number of rotatable bonds is 5. The summed E-state index contributed by atoms with van der Waals surface area (Å²) in [4.78, 5) is 0.0774. The van der Waals surface area contributed by atoms with Gasteiger partial charge in [-0.25, -0.2) is 8.42 Å². The molecule has 0 N–H and O–H groups in total. The van der Waals surface area contributed by atoms with Crippen molar-refractivity contribution in [2.75, 3.05) is 27.3 Å². The first-order valence-corrected chi connectivity index (χ1v) is 6.99. The number of sulfonamides is 1. The second-order valence-electron chi connectivity index (χ2n) is 3.42. The normalized spacial score (nSPS) is 12.1. The van der Waals surface area contributed by atoms with Gasteiger partial charge in [-0.05, 0) is 18.2 Å². The molecule has 0 fully saturated rings. The summed E-state index contributed by atoms with van der Waals surface area (Å²) in [7, 11) is -0.586. The zero-order valence-electron chi connectivity index (χ0n) is 9.48. The Morgan fingerprint density at radius 3 is 2.24 bits per heavy atom. The third-order valence-corrected chi connectivity index (χ3v) is 4.43. The molecule has 0 unspecified atom stereocenters. The summed E-state index contributed by atoms with van der Waals surface area (Å²) < 4.78 is 30.2. The van der Waals surface area contributed by atoms with E-state index in [1.165, 1.54) is 36.7 Å². The molecule has 1 aromatic carbocycles. The second kappa shape index (κ2) is 6.02. The topological polar surface area (TPSA) is 46.6 Å². The molecule has 0 radical (unpaired) electrons. The van der Waals surface area contributed by atoms with Gasteiger partial charge in [0.15, 0.2) is 0 Å². The van der Waals surface area contributed by atoms with Crippen LogP contribution >= 0.6 is 23.2 Å². The van der Waals surface area contributed by atoms with E-state index >= 15 is 0 Å². The van der Waals surface area contributed by atoms with Crippen molar-refractivity contribution >= 4 is 33.2 Å². The van der Waals surface area contributed by atoms with E-state index in [0.29, 0.717) is 6.61 Å². The highest BCUT2D eigenvalue weighted by molar-refractivity contribution is 7.89. The van der Waals surface area contributed by atoms with Crippen molar-refractivity contribution in [1.29, 1.82) is 0 Å². The van der Waals surface area contributed by atoms with Crippen LogP contribution in [0.4, 0.5) is 0 Å². The van der Waals surface area contributed by atoms with Crippen molar-refractivity contribution in [3.8, 4) is 0 Å². The average molecular weight is 298 g/mol. The summed E-state index contributed by atoms with van der Waals surface area (Å²) in [6, 6.07) is 4.22. The molecule has 17 heavy (non-hydrogen) atoms. The van der Waals surface area contributed by atoms with E-state index in [2.05, 4.69) is 0 Å². The van der Waals surface area contributed by atoms with Crippen LogP contribution in [0.1, 0.15) is 0 Å². The monoisotopic (exact) mass is 297 g/mol. The van der Waals surface area contributed by atoms with Crippen molar-refractivity contribution in [2.24, 2.45) is 0 Å². The summed E-state index contributed by atoms with van der Waals surface area (Å²) in [5.74, 6) is 0. The molecule has 96 valence electrons. The van der Waals surface area contributed by atoms with Crippen molar-refractivity contribution < 1.29 is 13.2 Å². The fourth-order valence-electron chi connectivity index (χ4n) is 1.20. The highest BCUT2D eigenvalue weighted by Gasteiger charge is 2.21. The van der Waals surface area contributed by atoms with E-state index in [1.54, 1.807) is 0 Å². The van der Waals surface area contributed by atoms with Gasteiger partial charge in [0, 0.05) is 30.7 Å². The van der Waals surface area contributed by atoms with Crippen LogP contribution < -0.4 is 0 Å². The first-order valence-electron chi connectivity index (χ1n) is 4.79. The third kappa shape index (κ3) is 3.82. The molecule has 7 heteroatoms. The van der Waals surface area contributed by atoms with E-state index in [0.717, 1.165) is 0 Å². The number of hydrogen-bond donors (Lipinski definition) is 0. The van der Waals surface area contributed by atoms with E-state index in [-0.39, 0.29) is 21.5 Å². The molecule has 0 atom stereocenters. The van der Waals surface area contributed by atoms with Gasteiger partial charge in [-0.1, -0.05) is 23.2 Å². The zero-order chi connectivity index (χ0) is 13.1. The summed E-state index contributed by atoms with van der Waals surface area (Å²) >= 11 is 11.5.